The Morgan fingerprint density at radius 2 is 1.68 bits per heavy atom. The molecule has 0 radical (unpaired) electrons. The zero-order chi connectivity index (χ0) is 15.9. The van der Waals surface area contributed by atoms with Gasteiger partial charge in [-0.25, -0.2) is 0 Å². The van der Waals surface area contributed by atoms with Gasteiger partial charge in [-0.05, 0) is 85.4 Å². The number of fused-ring (bicyclic) bond motifs is 1. The van der Waals surface area contributed by atoms with E-state index in [0.29, 0.717) is 17.7 Å². The molecule has 1 aliphatic rings. The van der Waals surface area contributed by atoms with Crippen molar-refractivity contribution in [2.24, 2.45) is 0 Å². The highest BCUT2D eigenvalue weighted by atomic mass is 16.3. The number of carbonyl (C=O) groups excluding carboxylic acids is 1. The fourth-order valence-corrected chi connectivity index (χ4v) is 2.98. The summed E-state index contributed by atoms with van der Waals surface area (Å²) in [5.74, 6) is 0.520. The molecule has 2 aromatic carbocycles. The minimum atomic E-state index is 0.0182. The first kappa shape index (κ1) is 14.4. The molecule has 0 amide bonds. The SMILES string of the molecule is Cc1cc(/C=C2/CCc3cc(O)ccc3C2=O)cc(C)c1O. The molecule has 3 heteroatoms. The summed E-state index contributed by atoms with van der Waals surface area (Å²) < 4.78 is 0. The second kappa shape index (κ2) is 5.34. The van der Waals surface area contributed by atoms with E-state index in [1.807, 2.05) is 32.1 Å². The Morgan fingerprint density at radius 3 is 2.36 bits per heavy atom. The van der Waals surface area contributed by atoms with E-state index < -0.39 is 0 Å². The van der Waals surface area contributed by atoms with Crippen molar-refractivity contribution in [2.75, 3.05) is 0 Å². The fraction of sp³-hybridized carbons (Fsp3) is 0.211. The third-order valence-corrected chi connectivity index (χ3v) is 4.14. The Hall–Kier alpha value is -2.55. The van der Waals surface area contributed by atoms with Gasteiger partial charge in [0.2, 0.25) is 0 Å². The van der Waals surface area contributed by atoms with Crippen LogP contribution in [0.5, 0.6) is 11.5 Å². The molecule has 0 saturated carbocycles. The summed E-state index contributed by atoms with van der Waals surface area (Å²) in [5, 5.41) is 19.3. The molecule has 112 valence electrons. The molecule has 0 spiro atoms. The zero-order valence-electron chi connectivity index (χ0n) is 12.7. The predicted molar refractivity (Wildman–Crippen MR) is 86.3 cm³/mol. The Labute approximate surface area is 129 Å². The van der Waals surface area contributed by atoms with Crippen LogP contribution in [0.3, 0.4) is 0 Å². The molecule has 3 rings (SSSR count). The number of ketones is 1. The van der Waals surface area contributed by atoms with Crippen molar-refractivity contribution in [3.05, 3.63) is 63.7 Å². The lowest BCUT2D eigenvalue weighted by Crippen LogP contribution is -2.13. The smallest absolute Gasteiger partial charge is 0.189 e. The number of aromatic hydroxyl groups is 2. The van der Waals surface area contributed by atoms with Crippen LogP contribution in [0.2, 0.25) is 0 Å². The standard InChI is InChI=1S/C19H18O3/c1-11-7-13(8-12(2)18(11)21)9-15-4-3-14-10-16(20)5-6-17(14)19(15)22/h5-10,20-21H,3-4H2,1-2H3/b15-9-. The van der Waals surface area contributed by atoms with Crippen molar-refractivity contribution in [2.45, 2.75) is 26.7 Å². The number of Topliss-reactive ketones (excluding diaryl/α,β-unsaturated/α-hetero) is 1. The first-order chi connectivity index (χ1) is 10.5. The van der Waals surface area contributed by atoms with E-state index in [-0.39, 0.29) is 11.5 Å². The molecule has 0 aliphatic heterocycles. The first-order valence-electron chi connectivity index (χ1n) is 7.33. The van der Waals surface area contributed by atoms with Crippen LogP contribution in [0.25, 0.3) is 6.08 Å². The van der Waals surface area contributed by atoms with Gasteiger partial charge in [0.15, 0.2) is 5.78 Å². The van der Waals surface area contributed by atoms with E-state index in [1.54, 1.807) is 18.2 Å². The number of hydrogen-bond donors (Lipinski definition) is 2. The normalized spacial score (nSPS) is 15.9. The number of hydrogen-bond acceptors (Lipinski definition) is 3. The van der Waals surface area contributed by atoms with Crippen molar-refractivity contribution in [1.29, 1.82) is 0 Å². The van der Waals surface area contributed by atoms with Gasteiger partial charge in [0.05, 0.1) is 0 Å². The molecule has 22 heavy (non-hydrogen) atoms. The first-order valence-corrected chi connectivity index (χ1v) is 7.33. The molecule has 2 N–H and O–H groups in total. The van der Waals surface area contributed by atoms with Gasteiger partial charge in [0, 0.05) is 11.1 Å². The highest BCUT2D eigenvalue weighted by Gasteiger charge is 2.22. The lowest BCUT2D eigenvalue weighted by Gasteiger charge is -2.18. The quantitative estimate of drug-likeness (QED) is 0.784. The van der Waals surface area contributed by atoms with Crippen LogP contribution in [0.4, 0.5) is 0 Å². The van der Waals surface area contributed by atoms with Crippen molar-refractivity contribution in [1.82, 2.24) is 0 Å². The number of phenolic OH excluding ortho intramolecular Hbond substituents is 2. The Bertz CT molecular complexity index is 777. The monoisotopic (exact) mass is 294 g/mol. The molecule has 0 bridgehead atoms. The van der Waals surface area contributed by atoms with Crippen LogP contribution < -0.4 is 0 Å². The lowest BCUT2D eigenvalue weighted by atomic mass is 9.85. The van der Waals surface area contributed by atoms with E-state index in [9.17, 15) is 15.0 Å². The number of phenols is 2. The van der Waals surface area contributed by atoms with Gasteiger partial charge in [0.25, 0.3) is 0 Å². The Kier molecular flexibility index (Phi) is 3.49. The average Bonchev–Trinajstić information content (AvgIpc) is 2.47. The summed E-state index contributed by atoms with van der Waals surface area (Å²) in [5.41, 5.74) is 4.88. The average molecular weight is 294 g/mol. The molecule has 0 unspecified atom stereocenters. The van der Waals surface area contributed by atoms with Gasteiger partial charge in [-0.15, -0.1) is 0 Å². The van der Waals surface area contributed by atoms with Gasteiger partial charge < -0.3 is 10.2 Å². The number of aryl methyl sites for hydroxylation is 3. The van der Waals surface area contributed by atoms with E-state index in [2.05, 4.69) is 0 Å². The highest BCUT2D eigenvalue weighted by molar-refractivity contribution is 6.13. The summed E-state index contributed by atoms with van der Waals surface area (Å²) >= 11 is 0. The van der Waals surface area contributed by atoms with Gasteiger partial charge in [-0.2, -0.15) is 0 Å². The topological polar surface area (TPSA) is 57.5 Å². The second-order valence-corrected chi connectivity index (χ2v) is 5.84. The number of carbonyl (C=O) groups is 1. The molecule has 3 nitrogen and oxygen atoms in total. The molecule has 1 aliphatic carbocycles. The molecular weight excluding hydrogens is 276 g/mol. The van der Waals surface area contributed by atoms with Gasteiger partial charge in [-0.3, -0.25) is 4.79 Å². The summed E-state index contributed by atoms with van der Waals surface area (Å²) in [6.07, 6.45) is 3.31. The predicted octanol–water partition coefficient (Wildman–Crippen LogP) is 3.93. The molecule has 0 fully saturated rings. The zero-order valence-corrected chi connectivity index (χ0v) is 12.7. The second-order valence-electron chi connectivity index (χ2n) is 5.84. The minimum absolute atomic E-state index is 0.0182. The summed E-state index contributed by atoms with van der Waals surface area (Å²) in [6.45, 7) is 3.70. The Balaban J connectivity index is 2.00. The van der Waals surface area contributed by atoms with Crippen LogP contribution in [0.1, 0.15) is 39.0 Å². The molecular formula is C19H18O3. The van der Waals surface area contributed by atoms with Crippen molar-refractivity contribution >= 4 is 11.9 Å². The van der Waals surface area contributed by atoms with Gasteiger partial charge in [-0.1, -0.05) is 0 Å². The maximum absolute atomic E-state index is 12.6. The summed E-state index contributed by atoms with van der Waals surface area (Å²) in [7, 11) is 0. The number of benzene rings is 2. The molecule has 0 aromatic heterocycles. The molecule has 0 atom stereocenters. The van der Waals surface area contributed by atoms with Crippen LogP contribution in [0.15, 0.2) is 35.9 Å². The van der Waals surface area contributed by atoms with Crippen LogP contribution in [-0.2, 0) is 6.42 Å². The van der Waals surface area contributed by atoms with E-state index in [0.717, 1.165) is 34.2 Å². The highest BCUT2D eigenvalue weighted by Crippen LogP contribution is 2.30. The third-order valence-electron chi connectivity index (χ3n) is 4.14. The van der Waals surface area contributed by atoms with E-state index in [1.165, 1.54) is 0 Å². The summed E-state index contributed by atoms with van der Waals surface area (Å²) in [4.78, 5) is 12.6. The van der Waals surface area contributed by atoms with Gasteiger partial charge in [0.1, 0.15) is 11.5 Å². The fourth-order valence-electron chi connectivity index (χ4n) is 2.98. The van der Waals surface area contributed by atoms with Crippen molar-refractivity contribution in [3.63, 3.8) is 0 Å². The molecule has 2 aromatic rings. The number of rotatable bonds is 1. The van der Waals surface area contributed by atoms with Crippen molar-refractivity contribution in [3.8, 4) is 11.5 Å². The minimum Gasteiger partial charge on any atom is -0.508 e. The number of allylic oxidation sites excluding steroid dienone is 1. The maximum Gasteiger partial charge on any atom is 0.189 e. The van der Waals surface area contributed by atoms with Crippen molar-refractivity contribution < 1.29 is 15.0 Å². The van der Waals surface area contributed by atoms with Gasteiger partial charge >= 0.3 is 0 Å². The largest absolute Gasteiger partial charge is 0.508 e. The van der Waals surface area contributed by atoms with E-state index in [4.69, 9.17) is 0 Å². The van der Waals surface area contributed by atoms with E-state index >= 15 is 0 Å². The molecule has 0 heterocycles. The molecule has 0 saturated heterocycles. The summed E-state index contributed by atoms with van der Waals surface area (Å²) in [6, 6.07) is 8.67. The third kappa shape index (κ3) is 2.50. The van der Waals surface area contributed by atoms with Crippen LogP contribution in [0, 0.1) is 13.8 Å². The van der Waals surface area contributed by atoms with Crippen LogP contribution in [-0.4, -0.2) is 16.0 Å². The van der Waals surface area contributed by atoms with Crippen LogP contribution >= 0.6 is 0 Å². The lowest BCUT2D eigenvalue weighted by molar-refractivity contribution is 0.102. The Morgan fingerprint density at radius 1 is 1.00 bits per heavy atom. The maximum atomic E-state index is 12.6.